The second kappa shape index (κ2) is 7.11. The number of benzene rings is 1. The van der Waals surface area contributed by atoms with E-state index in [1.54, 1.807) is 12.1 Å². The average molecular weight is 304 g/mol. The smallest absolute Gasteiger partial charge is 0.293 e. The molecule has 0 fully saturated rings. The number of hydrogen-bond donors (Lipinski definition) is 2. The molecule has 0 saturated carbocycles. The molecule has 0 aliphatic heterocycles. The molecule has 2 aromatic rings. The number of hydrogen-bond acceptors (Lipinski definition) is 8. The van der Waals surface area contributed by atoms with E-state index in [0.29, 0.717) is 24.3 Å². The normalized spacial score (nSPS) is 10.8. The molecule has 116 valence electrons. The van der Waals surface area contributed by atoms with Crippen LogP contribution in [0.25, 0.3) is 0 Å². The van der Waals surface area contributed by atoms with Gasteiger partial charge in [-0.1, -0.05) is 11.2 Å². The van der Waals surface area contributed by atoms with Crippen LogP contribution in [0.2, 0.25) is 0 Å². The molecule has 0 aliphatic carbocycles. The molecule has 0 spiro atoms. The van der Waals surface area contributed by atoms with Gasteiger partial charge < -0.3 is 4.90 Å². The highest BCUT2D eigenvalue weighted by Crippen LogP contribution is 2.28. The molecule has 2 rings (SSSR count). The molecular formula is C12H16N8O2. The predicted octanol–water partition coefficient (Wildman–Crippen LogP) is 1.40. The Morgan fingerprint density at radius 1 is 1.45 bits per heavy atom. The summed E-state index contributed by atoms with van der Waals surface area (Å²) >= 11 is 0. The Morgan fingerprint density at radius 3 is 2.82 bits per heavy atom. The van der Waals surface area contributed by atoms with Gasteiger partial charge in [-0.3, -0.25) is 10.1 Å². The molecule has 0 radical (unpaired) electrons. The number of aromatic nitrogens is 4. The van der Waals surface area contributed by atoms with Gasteiger partial charge in [0.2, 0.25) is 0 Å². The Bertz CT molecular complexity index is 651. The molecule has 10 heteroatoms. The third-order valence-corrected chi connectivity index (χ3v) is 3.02. The number of nitrogens with one attached hydrogen (secondary N) is 2. The van der Waals surface area contributed by atoms with Crippen molar-refractivity contribution in [3.63, 3.8) is 0 Å². The van der Waals surface area contributed by atoms with Crippen LogP contribution in [0.3, 0.4) is 0 Å². The minimum atomic E-state index is -0.391. The Hall–Kier alpha value is -3.04. The Kier molecular flexibility index (Phi) is 4.96. The van der Waals surface area contributed by atoms with Gasteiger partial charge in [0.05, 0.1) is 11.1 Å². The summed E-state index contributed by atoms with van der Waals surface area (Å²) < 4.78 is 0. The fraction of sp³-hybridized carbons (Fsp3) is 0.333. The van der Waals surface area contributed by atoms with E-state index in [9.17, 15) is 10.1 Å². The lowest BCUT2D eigenvalue weighted by Crippen LogP contribution is -2.22. The number of aromatic amines is 1. The van der Waals surface area contributed by atoms with E-state index in [4.69, 9.17) is 0 Å². The third-order valence-electron chi connectivity index (χ3n) is 3.02. The van der Waals surface area contributed by atoms with E-state index in [-0.39, 0.29) is 11.6 Å². The highest BCUT2D eigenvalue weighted by atomic mass is 16.6. The van der Waals surface area contributed by atoms with Gasteiger partial charge in [0.15, 0.2) is 0 Å². The summed E-state index contributed by atoms with van der Waals surface area (Å²) in [5.74, 6) is 0.213. The van der Waals surface area contributed by atoms with Crippen molar-refractivity contribution in [1.82, 2.24) is 20.6 Å². The van der Waals surface area contributed by atoms with Gasteiger partial charge in [-0.25, -0.2) is 5.43 Å². The fourth-order valence-corrected chi connectivity index (χ4v) is 1.97. The maximum atomic E-state index is 11.3. The average Bonchev–Trinajstić information content (AvgIpc) is 3.02. The molecule has 0 aliphatic rings. The second-order valence-corrected chi connectivity index (χ2v) is 4.28. The van der Waals surface area contributed by atoms with Crippen LogP contribution >= 0.6 is 0 Å². The number of H-pyrrole nitrogens is 1. The first-order valence-corrected chi connectivity index (χ1v) is 6.71. The Labute approximate surface area is 126 Å². The van der Waals surface area contributed by atoms with E-state index in [0.717, 1.165) is 0 Å². The van der Waals surface area contributed by atoms with Crippen molar-refractivity contribution in [2.24, 2.45) is 5.10 Å². The van der Waals surface area contributed by atoms with Crippen LogP contribution in [0.4, 0.5) is 17.3 Å². The first kappa shape index (κ1) is 15.4. The molecule has 1 aromatic carbocycles. The van der Waals surface area contributed by atoms with E-state index >= 15 is 0 Å². The third kappa shape index (κ3) is 3.53. The number of rotatable bonds is 7. The van der Waals surface area contributed by atoms with Gasteiger partial charge in [0, 0.05) is 24.7 Å². The highest BCUT2D eigenvalue weighted by Gasteiger charge is 2.17. The number of nitro groups is 1. The number of hydrazone groups is 1. The minimum absolute atomic E-state index is 0.0483. The Morgan fingerprint density at radius 2 is 2.23 bits per heavy atom. The van der Waals surface area contributed by atoms with Crippen molar-refractivity contribution >= 4 is 23.5 Å². The van der Waals surface area contributed by atoms with Gasteiger partial charge in [-0.15, -0.1) is 5.10 Å². The number of anilines is 2. The largest absolute Gasteiger partial charge is 0.367 e. The number of tetrazole rings is 1. The molecule has 2 N–H and O–H groups in total. The van der Waals surface area contributed by atoms with E-state index in [1.165, 1.54) is 12.3 Å². The van der Waals surface area contributed by atoms with Gasteiger partial charge in [0.25, 0.3) is 11.6 Å². The van der Waals surface area contributed by atoms with Crippen LogP contribution in [0.15, 0.2) is 23.3 Å². The van der Waals surface area contributed by atoms with E-state index in [1.807, 2.05) is 18.7 Å². The van der Waals surface area contributed by atoms with Crippen molar-refractivity contribution in [3.8, 4) is 0 Å². The van der Waals surface area contributed by atoms with Gasteiger partial charge in [-0.2, -0.15) is 10.3 Å². The zero-order valence-electron chi connectivity index (χ0n) is 12.2. The lowest BCUT2D eigenvalue weighted by molar-refractivity contribution is -0.384. The van der Waals surface area contributed by atoms with Gasteiger partial charge in [-0.05, 0) is 25.1 Å². The lowest BCUT2D eigenvalue weighted by Gasteiger charge is -2.20. The van der Waals surface area contributed by atoms with Crippen molar-refractivity contribution in [3.05, 3.63) is 33.9 Å². The lowest BCUT2D eigenvalue weighted by atomic mass is 10.1. The summed E-state index contributed by atoms with van der Waals surface area (Å²) in [5.41, 5.74) is 3.79. The van der Waals surface area contributed by atoms with Crippen LogP contribution in [-0.4, -0.2) is 44.9 Å². The van der Waals surface area contributed by atoms with Crippen molar-refractivity contribution in [2.45, 2.75) is 13.8 Å². The van der Waals surface area contributed by atoms with Crippen LogP contribution in [0.1, 0.15) is 19.4 Å². The first-order valence-electron chi connectivity index (χ1n) is 6.71. The van der Waals surface area contributed by atoms with Crippen LogP contribution < -0.4 is 10.3 Å². The molecule has 0 atom stereocenters. The molecule has 0 saturated heterocycles. The molecule has 1 heterocycles. The van der Waals surface area contributed by atoms with E-state index < -0.39 is 4.92 Å². The van der Waals surface area contributed by atoms with Gasteiger partial charge >= 0.3 is 0 Å². The van der Waals surface area contributed by atoms with E-state index in [2.05, 4.69) is 31.2 Å². The first-order chi connectivity index (χ1) is 10.7. The van der Waals surface area contributed by atoms with Crippen LogP contribution in [-0.2, 0) is 0 Å². The monoisotopic (exact) mass is 304 g/mol. The fourth-order valence-electron chi connectivity index (χ4n) is 1.97. The molecule has 1 aromatic heterocycles. The molecular weight excluding hydrogens is 288 g/mol. The molecule has 10 nitrogen and oxygen atoms in total. The van der Waals surface area contributed by atoms with Crippen LogP contribution in [0, 0.1) is 10.1 Å². The number of nitro benzene ring substituents is 1. The zero-order chi connectivity index (χ0) is 15.9. The van der Waals surface area contributed by atoms with Gasteiger partial charge in [0.1, 0.15) is 5.69 Å². The number of nitrogens with zero attached hydrogens (tertiary/aromatic N) is 6. The standard InChI is InChI=1S/C12H16N8O2/c1-3-19(4-2)10-6-5-9(7-11(10)20(21)22)8-13-14-12-15-17-18-16-12/h5-8H,3-4H2,1-2H3,(H2,14,15,16,17,18)/b13-8-. The summed E-state index contributed by atoms with van der Waals surface area (Å²) in [6, 6.07) is 4.97. The predicted molar refractivity (Wildman–Crippen MR) is 82.1 cm³/mol. The summed E-state index contributed by atoms with van der Waals surface area (Å²) in [5, 5.41) is 28.1. The summed E-state index contributed by atoms with van der Waals surface area (Å²) in [7, 11) is 0. The highest BCUT2D eigenvalue weighted by molar-refractivity contribution is 5.83. The summed E-state index contributed by atoms with van der Waals surface area (Å²) in [6.45, 7) is 5.31. The van der Waals surface area contributed by atoms with Crippen LogP contribution in [0.5, 0.6) is 0 Å². The second-order valence-electron chi connectivity index (χ2n) is 4.28. The van der Waals surface area contributed by atoms with Crippen molar-refractivity contribution in [2.75, 3.05) is 23.4 Å². The SMILES string of the molecule is CCN(CC)c1ccc(/C=N\Nc2nn[nH]n2)cc1[N+](=O)[O-]. The molecule has 0 amide bonds. The topological polar surface area (TPSA) is 125 Å². The molecule has 0 unspecified atom stereocenters. The maximum Gasteiger partial charge on any atom is 0.293 e. The van der Waals surface area contributed by atoms with Crippen molar-refractivity contribution in [1.29, 1.82) is 0 Å². The summed E-state index contributed by atoms with van der Waals surface area (Å²) in [6.07, 6.45) is 1.45. The van der Waals surface area contributed by atoms with Crippen molar-refractivity contribution < 1.29 is 4.92 Å². The zero-order valence-corrected chi connectivity index (χ0v) is 12.2. The summed E-state index contributed by atoms with van der Waals surface area (Å²) in [4.78, 5) is 12.8. The Balaban J connectivity index is 2.21. The minimum Gasteiger partial charge on any atom is -0.367 e. The quantitative estimate of drug-likeness (QED) is 0.450. The maximum absolute atomic E-state index is 11.3. The molecule has 0 bridgehead atoms. The molecule has 22 heavy (non-hydrogen) atoms.